The Hall–Kier alpha value is -0.740. The van der Waals surface area contributed by atoms with E-state index in [2.05, 4.69) is 4.72 Å². The van der Waals surface area contributed by atoms with Crippen molar-refractivity contribution < 1.29 is 8.42 Å². The van der Waals surface area contributed by atoms with Gasteiger partial charge in [-0.25, -0.2) is 13.1 Å². The predicted octanol–water partition coefficient (Wildman–Crippen LogP) is 2.63. The number of hydrogen-bond donors (Lipinski definition) is 1. The Morgan fingerprint density at radius 3 is 2.58 bits per heavy atom. The second-order valence-electron chi connectivity index (χ2n) is 4.54. The van der Waals surface area contributed by atoms with E-state index in [0.717, 1.165) is 0 Å². The van der Waals surface area contributed by atoms with Crippen LogP contribution in [0, 0.1) is 11.3 Å². The van der Waals surface area contributed by atoms with Crippen LogP contribution >= 0.6 is 23.4 Å². The number of thioether (sulfide) groups is 1. The van der Waals surface area contributed by atoms with Crippen molar-refractivity contribution >= 4 is 33.4 Å². The van der Waals surface area contributed by atoms with Crippen LogP contribution in [0.3, 0.4) is 0 Å². The third-order valence-corrected chi connectivity index (χ3v) is 5.57. The van der Waals surface area contributed by atoms with E-state index in [1.165, 1.54) is 18.2 Å². The normalized spacial score (nSPS) is 12.2. The molecule has 4 nitrogen and oxygen atoms in total. The summed E-state index contributed by atoms with van der Waals surface area (Å²) in [4.78, 5) is 0.0633. The molecule has 0 radical (unpaired) electrons. The third kappa shape index (κ3) is 4.39. The highest BCUT2D eigenvalue weighted by molar-refractivity contribution is 8.00. The summed E-state index contributed by atoms with van der Waals surface area (Å²) in [6.07, 6.45) is 1.92. The molecular weight excluding hydrogens is 304 g/mol. The van der Waals surface area contributed by atoms with E-state index in [4.69, 9.17) is 16.9 Å². The zero-order valence-corrected chi connectivity index (χ0v) is 13.3. The lowest BCUT2D eigenvalue weighted by Crippen LogP contribution is -2.36. The van der Waals surface area contributed by atoms with Crippen LogP contribution in [0.4, 0.5) is 0 Å². The highest BCUT2D eigenvalue weighted by Crippen LogP contribution is 2.22. The minimum Gasteiger partial charge on any atom is -0.210 e. The molecule has 0 bridgehead atoms. The second-order valence-corrected chi connectivity index (χ2v) is 8.23. The summed E-state index contributed by atoms with van der Waals surface area (Å²) in [6.45, 7) is 4.21. The van der Waals surface area contributed by atoms with Gasteiger partial charge in [-0.3, -0.25) is 0 Å². The molecular formula is C12H15ClN2O2S2. The van der Waals surface area contributed by atoms with Gasteiger partial charge in [0.05, 0.1) is 15.5 Å². The van der Waals surface area contributed by atoms with E-state index in [0.29, 0.717) is 6.54 Å². The first-order chi connectivity index (χ1) is 8.72. The summed E-state index contributed by atoms with van der Waals surface area (Å²) in [7, 11) is -3.61. The van der Waals surface area contributed by atoms with Gasteiger partial charge < -0.3 is 0 Å². The average Bonchev–Trinajstić information content (AvgIpc) is 2.36. The minimum atomic E-state index is -3.61. The molecule has 0 saturated heterocycles. The van der Waals surface area contributed by atoms with Crippen LogP contribution in [0.15, 0.2) is 23.1 Å². The fraction of sp³-hybridized carbons (Fsp3) is 0.417. The van der Waals surface area contributed by atoms with Crippen LogP contribution in [0.2, 0.25) is 5.02 Å². The standard InChI is InChI=1S/C12H15ClN2O2S2/c1-12(2,18-3)8-15-19(16,17)10-5-4-9(7-14)11(13)6-10/h4-6,15H,8H2,1-3H3. The Morgan fingerprint density at radius 2 is 2.11 bits per heavy atom. The molecule has 104 valence electrons. The lowest BCUT2D eigenvalue weighted by atomic mass is 10.2. The number of sulfonamides is 1. The molecule has 0 unspecified atom stereocenters. The lowest BCUT2D eigenvalue weighted by Gasteiger charge is -2.22. The smallest absolute Gasteiger partial charge is 0.210 e. The summed E-state index contributed by atoms with van der Waals surface area (Å²) in [5, 5.41) is 8.89. The van der Waals surface area contributed by atoms with E-state index in [1.54, 1.807) is 11.8 Å². The first-order valence-corrected chi connectivity index (χ1v) is 8.55. The summed E-state index contributed by atoms with van der Waals surface area (Å²) >= 11 is 7.41. The summed E-state index contributed by atoms with van der Waals surface area (Å²) < 4.78 is 26.5. The predicted molar refractivity (Wildman–Crippen MR) is 78.9 cm³/mol. The van der Waals surface area contributed by atoms with Crippen molar-refractivity contribution in [2.24, 2.45) is 0 Å². The van der Waals surface area contributed by atoms with E-state index in [1.807, 2.05) is 26.2 Å². The maximum Gasteiger partial charge on any atom is 0.240 e. The fourth-order valence-electron chi connectivity index (χ4n) is 1.18. The minimum absolute atomic E-state index is 0.0633. The third-order valence-electron chi connectivity index (χ3n) is 2.61. The van der Waals surface area contributed by atoms with Crippen molar-refractivity contribution in [2.75, 3.05) is 12.8 Å². The molecule has 0 fully saturated rings. The Kier molecular flexibility index (Phi) is 5.27. The molecule has 0 saturated carbocycles. The Balaban J connectivity index is 2.96. The molecule has 1 aromatic rings. The lowest BCUT2D eigenvalue weighted by molar-refractivity contribution is 0.571. The summed E-state index contributed by atoms with van der Waals surface area (Å²) in [5.41, 5.74) is 0.255. The van der Waals surface area contributed by atoms with Crippen LogP contribution in [0.1, 0.15) is 19.4 Å². The SMILES string of the molecule is CSC(C)(C)CNS(=O)(=O)c1ccc(C#N)c(Cl)c1. The molecule has 0 aliphatic heterocycles. The van der Waals surface area contributed by atoms with Crippen molar-refractivity contribution in [1.29, 1.82) is 5.26 Å². The van der Waals surface area contributed by atoms with E-state index in [9.17, 15) is 8.42 Å². The number of benzene rings is 1. The summed E-state index contributed by atoms with van der Waals surface area (Å²) in [5.74, 6) is 0. The maximum absolute atomic E-state index is 12.1. The van der Waals surface area contributed by atoms with Gasteiger partial charge in [0, 0.05) is 11.3 Å². The Bertz CT molecular complexity index is 607. The first-order valence-electron chi connectivity index (χ1n) is 5.46. The first kappa shape index (κ1) is 16.3. The molecule has 1 aromatic carbocycles. The van der Waals surface area contributed by atoms with Crippen LogP contribution in [0.25, 0.3) is 0 Å². The van der Waals surface area contributed by atoms with Crippen molar-refractivity contribution in [3.8, 4) is 6.07 Å². The number of halogens is 1. The molecule has 19 heavy (non-hydrogen) atoms. The van der Waals surface area contributed by atoms with Gasteiger partial charge in [-0.15, -0.1) is 0 Å². The van der Waals surface area contributed by atoms with Gasteiger partial charge in [-0.2, -0.15) is 17.0 Å². The van der Waals surface area contributed by atoms with Crippen molar-refractivity contribution in [1.82, 2.24) is 4.72 Å². The fourth-order valence-corrected chi connectivity index (χ4v) is 3.01. The number of hydrogen-bond acceptors (Lipinski definition) is 4. The van der Waals surface area contributed by atoms with Crippen LogP contribution in [0.5, 0.6) is 0 Å². The van der Waals surface area contributed by atoms with Crippen LogP contribution in [-0.2, 0) is 10.0 Å². The average molecular weight is 319 g/mol. The van der Waals surface area contributed by atoms with Gasteiger partial charge in [0.2, 0.25) is 10.0 Å². The zero-order chi connectivity index (χ0) is 14.7. The van der Waals surface area contributed by atoms with Crippen LogP contribution < -0.4 is 4.72 Å². The second kappa shape index (κ2) is 6.14. The number of rotatable bonds is 5. The number of nitrogens with one attached hydrogen (secondary N) is 1. The Labute approximate surface area is 123 Å². The molecule has 0 atom stereocenters. The molecule has 7 heteroatoms. The maximum atomic E-state index is 12.1. The van der Waals surface area contributed by atoms with E-state index >= 15 is 0 Å². The van der Waals surface area contributed by atoms with Gasteiger partial charge >= 0.3 is 0 Å². The van der Waals surface area contributed by atoms with Crippen molar-refractivity contribution in [2.45, 2.75) is 23.5 Å². The van der Waals surface area contributed by atoms with Crippen LogP contribution in [-0.4, -0.2) is 26.0 Å². The summed E-state index contributed by atoms with van der Waals surface area (Å²) in [6, 6.07) is 5.95. The van der Waals surface area contributed by atoms with Gasteiger partial charge in [0.1, 0.15) is 6.07 Å². The van der Waals surface area contributed by atoms with E-state index < -0.39 is 10.0 Å². The molecule has 0 spiro atoms. The largest absolute Gasteiger partial charge is 0.240 e. The zero-order valence-electron chi connectivity index (χ0n) is 10.9. The molecule has 0 aliphatic carbocycles. The number of nitrogens with zero attached hydrogens (tertiary/aromatic N) is 1. The molecule has 0 heterocycles. The highest BCUT2D eigenvalue weighted by Gasteiger charge is 2.21. The van der Waals surface area contributed by atoms with Gasteiger partial charge in [-0.1, -0.05) is 11.6 Å². The van der Waals surface area contributed by atoms with Gasteiger partial charge in [-0.05, 0) is 38.3 Å². The highest BCUT2D eigenvalue weighted by atomic mass is 35.5. The topological polar surface area (TPSA) is 70.0 Å². The number of nitriles is 1. The van der Waals surface area contributed by atoms with Crippen molar-refractivity contribution in [3.63, 3.8) is 0 Å². The van der Waals surface area contributed by atoms with Crippen molar-refractivity contribution in [3.05, 3.63) is 28.8 Å². The van der Waals surface area contributed by atoms with Gasteiger partial charge in [0.15, 0.2) is 0 Å². The Morgan fingerprint density at radius 1 is 1.47 bits per heavy atom. The monoisotopic (exact) mass is 318 g/mol. The van der Waals surface area contributed by atoms with E-state index in [-0.39, 0.29) is 20.2 Å². The molecule has 0 aromatic heterocycles. The molecule has 1 N–H and O–H groups in total. The van der Waals surface area contributed by atoms with Gasteiger partial charge in [0.25, 0.3) is 0 Å². The molecule has 0 aliphatic rings. The molecule has 1 rings (SSSR count). The molecule has 0 amide bonds. The quantitative estimate of drug-likeness (QED) is 0.906.